The van der Waals surface area contributed by atoms with Gasteiger partial charge in [0, 0.05) is 19.2 Å². The summed E-state index contributed by atoms with van der Waals surface area (Å²) < 4.78 is 11.0. The van der Waals surface area contributed by atoms with Crippen LogP contribution in [-0.2, 0) is 17.6 Å². The maximum Gasteiger partial charge on any atom is 0.322 e. The number of anilines is 1. The first-order valence-corrected chi connectivity index (χ1v) is 8.14. The number of urea groups is 1. The van der Waals surface area contributed by atoms with Gasteiger partial charge in [0.2, 0.25) is 11.8 Å². The van der Waals surface area contributed by atoms with E-state index in [1.54, 1.807) is 18.0 Å². The predicted octanol–water partition coefficient (Wildman–Crippen LogP) is 1.87. The van der Waals surface area contributed by atoms with E-state index in [0.717, 1.165) is 25.0 Å². The number of rotatable bonds is 2. The Morgan fingerprint density at radius 3 is 3.12 bits per heavy atom. The van der Waals surface area contributed by atoms with Crippen LogP contribution in [-0.4, -0.2) is 45.9 Å². The predicted molar refractivity (Wildman–Crippen MR) is 84.6 cm³/mol. The molecule has 2 aromatic heterocycles. The first-order chi connectivity index (χ1) is 11.7. The Bertz CT molecular complexity index is 760. The standard InChI is InChI=1S/C16H19N5O3/c1-10-19-20-15(24-10)14-9-23-6-5-21(14)16(22)18-12-7-11-3-2-4-13(11)17-8-12/h7-8,14H,2-6,9H2,1H3,(H,18,22). The van der Waals surface area contributed by atoms with Crippen molar-refractivity contribution in [3.8, 4) is 0 Å². The first-order valence-electron chi connectivity index (χ1n) is 8.14. The molecule has 0 aromatic carbocycles. The highest BCUT2D eigenvalue weighted by molar-refractivity contribution is 5.89. The Labute approximate surface area is 139 Å². The van der Waals surface area contributed by atoms with Gasteiger partial charge in [0.25, 0.3) is 0 Å². The fourth-order valence-corrected chi connectivity index (χ4v) is 3.19. The van der Waals surface area contributed by atoms with Gasteiger partial charge in [-0.1, -0.05) is 0 Å². The summed E-state index contributed by atoms with van der Waals surface area (Å²) >= 11 is 0. The summed E-state index contributed by atoms with van der Waals surface area (Å²) in [5.41, 5.74) is 3.07. The molecule has 126 valence electrons. The molecule has 2 amide bonds. The van der Waals surface area contributed by atoms with Crippen LogP contribution < -0.4 is 5.32 Å². The lowest BCUT2D eigenvalue weighted by molar-refractivity contribution is 0.00511. The minimum atomic E-state index is -0.373. The molecule has 1 aliphatic carbocycles. The summed E-state index contributed by atoms with van der Waals surface area (Å²) in [5, 5.41) is 10.8. The third kappa shape index (κ3) is 2.84. The average Bonchev–Trinajstić information content (AvgIpc) is 3.23. The number of carbonyl (C=O) groups excluding carboxylic acids is 1. The van der Waals surface area contributed by atoms with Crippen molar-refractivity contribution in [1.82, 2.24) is 20.1 Å². The van der Waals surface area contributed by atoms with Gasteiger partial charge in [-0.2, -0.15) is 0 Å². The summed E-state index contributed by atoms with van der Waals surface area (Å²) in [6.45, 7) is 3.02. The molecule has 1 unspecified atom stereocenters. The Morgan fingerprint density at radius 2 is 2.29 bits per heavy atom. The number of amides is 2. The molecule has 1 saturated heterocycles. The summed E-state index contributed by atoms with van der Waals surface area (Å²) in [6, 6.07) is 1.43. The van der Waals surface area contributed by atoms with E-state index in [0.29, 0.717) is 37.2 Å². The molecular weight excluding hydrogens is 310 g/mol. The number of nitrogens with zero attached hydrogens (tertiary/aromatic N) is 4. The van der Waals surface area contributed by atoms with Gasteiger partial charge in [0.15, 0.2) is 0 Å². The molecule has 8 heteroatoms. The first kappa shape index (κ1) is 15.1. The van der Waals surface area contributed by atoms with Gasteiger partial charge in [0.05, 0.1) is 25.1 Å². The van der Waals surface area contributed by atoms with Crippen LogP contribution in [0.3, 0.4) is 0 Å². The van der Waals surface area contributed by atoms with Crippen LogP contribution in [0.5, 0.6) is 0 Å². The lowest BCUT2D eigenvalue weighted by Crippen LogP contribution is -2.45. The number of carbonyl (C=O) groups is 1. The van der Waals surface area contributed by atoms with Gasteiger partial charge in [-0.15, -0.1) is 10.2 Å². The highest BCUT2D eigenvalue weighted by Gasteiger charge is 2.32. The summed E-state index contributed by atoms with van der Waals surface area (Å²) in [7, 11) is 0. The third-order valence-electron chi connectivity index (χ3n) is 4.39. The van der Waals surface area contributed by atoms with Crippen molar-refractivity contribution < 1.29 is 13.9 Å². The molecule has 1 N–H and O–H groups in total. The largest absolute Gasteiger partial charge is 0.423 e. The normalized spacial score (nSPS) is 20.0. The molecule has 4 rings (SSSR count). The Kier molecular flexibility index (Phi) is 3.89. The van der Waals surface area contributed by atoms with E-state index in [4.69, 9.17) is 9.15 Å². The van der Waals surface area contributed by atoms with Crippen LogP contribution in [0.4, 0.5) is 10.5 Å². The van der Waals surface area contributed by atoms with E-state index in [9.17, 15) is 4.79 Å². The van der Waals surface area contributed by atoms with Gasteiger partial charge in [-0.3, -0.25) is 4.98 Å². The van der Waals surface area contributed by atoms with E-state index in [1.807, 2.05) is 6.07 Å². The van der Waals surface area contributed by atoms with E-state index in [-0.39, 0.29) is 12.1 Å². The molecule has 2 aromatic rings. The lowest BCUT2D eigenvalue weighted by Gasteiger charge is -2.33. The highest BCUT2D eigenvalue weighted by Crippen LogP contribution is 2.26. The van der Waals surface area contributed by atoms with Gasteiger partial charge < -0.3 is 19.4 Å². The molecule has 0 saturated carbocycles. The number of morpholine rings is 1. The van der Waals surface area contributed by atoms with E-state index in [2.05, 4.69) is 20.5 Å². The number of aryl methyl sites for hydroxylation is 3. The average molecular weight is 329 g/mol. The van der Waals surface area contributed by atoms with Gasteiger partial charge in [-0.05, 0) is 30.9 Å². The number of aromatic nitrogens is 3. The van der Waals surface area contributed by atoms with Crippen LogP contribution in [0, 0.1) is 6.92 Å². The summed E-state index contributed by atoms with van der Waals surface area (Å²) in [5.74, 6) is 0.869. The van der Waals surface area contributed by atoms with E-state index in [1.165, 1.54) is 5.56 Å². The monoisotopic (exact) mass is 329 g/mol. The minimum Gasteiger partial charge on any atom is -0.423 e. The molecule has 0 spiro atoms. The highest BCUT2D eigenvalue weighted by atomic mass is 16.5. The maximum atomic E-state index is 12.7. The minimum absolute atomic E-state index is 0.209. The van der Waals surface area contributed by atoms with Gasteiger partial charge in [-0.25, -0.2) is 4.79 Å². The molecule has 24 heavy (non-hydrogen) atoms. The molecule has 1 atom stereocenters. The van der Waals surface area contributed by atoms with Crippen LogP contribution in [0.2, 0.25) is 0 Å². The summed E-state index contributed by atoms with van der Waals surface area (Å²) in [4.78, 5) is 18.8. The topological polar surface area (TPSA) is 93.4 Å². The van der Waals surface area contributed by atoms with Gasteiger partial charge >= 0.3 is 6.03 Å². The van der Waals surface area contributed by atoms with Crippen molar-refractivity contribution in [2.24, 2.45) is 0 Å². The van der Waals surface area contributed by atoms with Gasteiger partial charge in [0.1, 0.15) is 6.04 Å². The molecule has 3 heterocycles. The number of hydrogen-bond donors (Lipinski definition) is 1. The van der Waals surface area contributed by atoms with Crippen molar-refractivity contribution in [3.05, 3.63) is 35.3 Å². The molecule has 8 nitrogen and oxygen atoms in total. The number of hydrogen-bond acceptors (Lipinski definition) is 6. The van der Waals surface area contributed by atoms with Crippen molar-refractivity contribution in [3.63, 3.8) is 0 Å². The smallest absolute Gasteiger partial charge is 0.322 e. The van der Waals surface area contributed by atoms with E-state index >= 15 is 0 Å². The number of fused-ring (bicyclic) bond motifs is 1. The SMILES string of the molecule is Cc1nnc(C2COCCN2C(=O)Nc2cnc3c(c2)CCC3)o1. The van der Waals surface area contributed by atoms with Crippen molar-refractivity contribution >= 4 is 11.7 Å². The molecule has 0 radical (unpaired) electrons. The lowest BCUT2D eigenvalue weighted by atomic mass is 10.2. The Balaban J connectivity index is 1.51. The number of ether oxygens (including phenoxy) is 1. The van der Waals surface area contributed by atoms with Crippen LogP contribution in [0.15, 0.2) is 16.7 Å². The van der Waals surface area contributed by atoms with Crippen LogP contribution in [0.1, 0.15) is 35.5 Å². The summed E-state index contributed by atoms with van der Waals surface area (Å²) in [6.07, 6.45) is 4.88. The second kappa shape index (κ2) is 6.20. The van der Waals surface area contributed by atoms with Crippen molar-refractivity contribution in [1.29, 1.82) is 0 Å². The second-order valence-corrected chi connectivity index (χ2v) is 6.06. The molecular formula is C16H19N5O3. The van der Waals surface area contributed by atoms with Crippen LogP contribution >= 0.6 is 0 Å². The van der Waals surface area contributed by atoms with Crippen molar-refractivity contribution in [2.45, 2.75) is 32.2 Å². The van der Waals surface area contributed by atoms with Crippen molar-refractivity contribution in [2.75, 3.05) is 25.1 Å². The van der Waals surface area contributed by atoms with Crippen LogP contribution in [0.25, 0.3) is 0 Å². The fraction of sp³-hybridized carbons (Fsp3) is 0.500. The van der Waals surface area contributed by atoms with E-state index < -0.39 is 0 Å². The Morgan fingerprint density at radius 1 is 1.38 bits per heavy atom. The number of nitrogens with one attached hydrogen (secondary N) is 1. The zero-order valence-electron chi connectivity index (χ0n) is 13.5. The molecule has 2 aliphatic rings. The number of pyridine rings is 1. The zero-order chi connectivity index (χ0) is 16.5. The molecule has 1 fully saturated rings. The quantitative estimate of drug-likeness (QED) is 0.904. The maximum absolute atomic E-state index is 12.7. The Hall–Kier alpha value is -2.48. The molecule has 1 aliphatic heterocycles. The third-order valence-corrected chi connectivity index (χ3v) is 4.39. The second-order valence-electron chi connectivity index (χ2n) is 6.06. The fourth-order valence-electron chi connectivity index (χ4n) is 3.19. The molecule has 0 bridgehead atoms. The zero-order valence-corrected chi connectivity index (χ0v) is 13.5.